The third kappa shape index (κ3) is 3.31. The molecule has 3 heterocycles. The zero-order valence-electron chi connectivity index (χ0n) is 14.1. The molecule has 1 aromatic carbocycles. The van der Waals surface area contributed by atoms with Crippen LogP contribution >= 0.6 is 0 Å². The number of carbonyl (C=O) groups is 1. The van der Waals surface area contributed by atoms with Crippen molar-refractivity contribution in [3.8, 4) is 0 Å². The number of amides is 1. The van der Waals surface area contributed by atoms with Crippen molar-refractivity contribution in [2.75, 3.05) is 18.0 Å². The SMILES string of the molecule is Cc1nc2ccc(C(=O)N[C@H]3CCCN(c4ncccn4)C3)cc2[nH]1. The van der Waals surface area contributed by atoms with Gasteiger partial charge in [-0.2, -0.15) is 0 Å². The van der Waals surface area contributed by atoms with Gasteiger partial charge in [0.15, 0.2) is 0 Å². The van der Waals surface area contributed by atoms with E-state index in [4.69, 9.17) is 0 Å². The van der Waals surface area contributed by atoms with E-state index in [9.17, 15) is 4.79 Å². The van der Waals surface area contributed by atoms with Crippen LogP contribution < -0.4 is 10.2 Å². The third-order valence-corrected chi connectivity index (χ3v) is 4.45. The van der Waals surface area contributed by atoms with Crippen molar-refractivity contribution >= 4 is 22.9 Å². The number of benzene rings is 1. The maximum Gasteiger partial charge on any atom is 0.251 e. The first kappa shape index (κ1) is 15.6. The number of H-pyrrole nitrogens is 1. The molecule has 3 aromatic rings. The average molecular weight is 336 g/mol. The Kier molecular flexibility index (Phi) is 4.05. The van der Waals surface area contributed by atoms with Gasteiger partial charge >= 0.3 is 0 Å². The number of piperidine rings is 1. The average Bonchev–Trinajstić information content (AvgIpc) is 3.02. The van der Waals surface area contributed by atoms with Crippen molar-refractivity contribution in [3.05, 3.63) is 48.0 Å². The smallest absolute Gasteiger partial charge is 0.251 e. The number of carbonyl (C=O) groups excluding carboxylic acids is 1. The van der Waals surface area contributed by atoms with Gasteiger partial charge in [-0.15, -0.1) is 0 Å². The molecular formula is C18H20N6O. The minimum absolute atomic E-state index is 0.0602. The highest BCUT2D eigenvalue weighted by molar-refractivity contribution is 5.97. The summed E-state index contributed by atoms with van der Waals surface area (Å²) >= 11 is 0. The fourth-order valence-corrected chi connectivity index (χ4v) is 3.28. The lowest BCUT2D eigenvalue weighted by atomic mass is 10.1. The number of fused-ring (bicyclic) bond motifs is 1. The van der Waals surface area contributed by atoms with Gasteiger partial charge in [0.1, 0.15) is 5.82 Å². The van der Waals surface area contributed by atoms with Crippen LogP contribution in [-0.2, 0) is 0 Å². The summed E-state index contributed by atoms with van der Waals surface area (Å²) in [5.74, 6) is 1.50. The lowest BCUT2D eigenvalue weighted by Crippen LogP contribution is -2.48. The van der Waals surface area contributed by atoms with Crippen LogP contribution in [0.25, 0.3) is 11.0 Å². The zero-order valence-corrected chi connectivity index (χ0v) is 14.1. The van der Waals surface area contributed by atoms with E-state index < -0.39 is 0 Å². The maximum absolute atomic E-state index is 12.6. The number of aromatic amines is 1. The molecule has 1 fully saturated rings. The van der Waals surface area contributed by atoms with Crippen molar-refractivity contribution in [3.63, 3.8) is 0 Å². The Morgan fingerprint density at radius 1 is 1.32 bits per heavy atom. The monoisotopic (exact) mass is 336 g/mol. The van der Waals surface area contributed by atoms with Gasteiger partial charge in [-0.05, 0) is 44.0 Å². The normalized spacial score (nSPS) is 17.6. The molecule has 7 heteroatoms. The Balaban J connectivity index is 1.46. The number of hydrogen-bond acceptors (Lipinski definition) is 5. The molecule has 0 radical (unpaired) electrons. The zero-order chi connectivity index (χ0) is 17.2. The van der Waals surface area contributed by atoms with Crippen molar-refractivity contribution in [1.29, 1.82) is 0 Å². The molecular weight excluding hydrogens is 316 g/mol. The Morgan fingerprint density at radius 3 is 3.00 bits per heavy atom. The van der Waals surface area contributed by atoms with Gasteiger partial charge in [0.2, 0.25) is 5.95 Å². The highest BCUT2D eigenvalue weighted by atomic mass is 16.1. The molecule has 0 spiro atoms. The van der Waals surface area contributed by atoms with Gasteiger partial charge < -0.3 is 15.2 Å². The van der Waals surface area contributed by atoms with Gasteiger partial charge in [0, 0.05) is 37.1 Å². The Morgan fingerprint density at radius 2 is 2.16 bits per heavy atom. The summed E-state index contributed by atoms with van der Waals surface area (Å²) in [6.45, 7) is 3.54. The lowest BCUT2D eigenvalue weighted by molar-refractivity contribution is 0.0933. The second-order valence-electron chi connectivity index (χ2n) is 6.36. The summed E-state index contributed by atoms with van der Waals surface area (Å²) in [5, 5.41) is 3.14. The minimum atomic E-state index is -0.0602. The molecule has 0 unspecified atom stereocenters. The van der Waals surface area contributed by atoms with Crippen LogP contribution in [0.2, 0.25) is 0 Å². The Labute approximate surface area is 145 Å². The molecule has 0 aliphatic carbocycles. The van der Waals surface area contributed by atoms with E-state index in [1.165, 1.54) is 0 Å². The summed E-state index contributed by atoms with van der Waals surface area (Å²) in [7, 11) is 0. The molecule has 1 aliphatic heterocycles. The van der Waals surface area contributed by atoms with E-state index in [1.54, 1.807) is 18.5 Å². The van der Waals surface area contributed by atoms with Crippen LogP contribution in [0.4, 0.5) is 5.95 Å². The molecule has 7 nitrogen and oxygen atoms in total. The number of hydrogen-bond donors (Lipinski definition) is 2. The number of aromatic nitrogens is 4. The molecule has 25 heavy (non-hydrogen) atoms. The third-order valence-electron chi connectivity index (χ3n) is 4.45. The molecule has 1 amide bonds. The number of aryl methyl sites for hydroxylation is 1. The van der Waals surface area contributed by atoms with Crippen LogP contribution in [0, 0.1) is 6.92 Å². The molecule has 1 saturated heterocycles. The minimum Gasteiger partial charge on any atom is -0.348 e. The Hall–Kier alpha value is -2.96. The predicted molar refractivity (Wildman–Crippen MR) is 95.6 cm³/mol. The molecule has 4 rings (SSSR count). The number of nitrogens with zero attached hydrogens (tertiary/aromatic N) is 4. The number of imidazole rings is 1. The first-order chi connectivity index (χ1) is 12.2. The van der Waals surface area contributed by atoms with Gasteiger partial charge in [0.25, 0.3) is 5.91 Å². The highest BCUT2D eigenvalue weighted by Gasteiger charge is 2.23. The predicted octanol–water partition coefficient (Wildman–Crippen LogP) is 2.06. The second-order valence-corrected chi connectivity index (χ2v) is 6.36. The van der Waals surface area contributed by atoms with E-state index in [2.05, 4.69) is 30.2 Å². The largest absolute Gasteiger partial charge is 0.348 e. The molecule has 2 aromatic heterocycles. The van der Waals surface area contributed by atoms with E-state index in [0.29, 0.717) is 5.56 Å². The molecule has 128 valence electrons. The van der Waals surface area contributed by atoms with Crippen LogP contribution in [0.1, 0.15) is 29.0 Å². The van der Waals surface area contributed by atoms with Crippen molar-refractivity contribution in [2.45, 2.75) is 25.8 Å². The standard InChI is InChI=1S/C18H20N6O/c1-12-21-15-6-5-13(10-16(15)22-12)17(25)23-14-4-2-9-24(11-14)18-19-7-3-8-20-18/h3,5-8,10,14H,2,4,9,11H2,1H3,(H,21,22)(H,23,25)/t14-/m0/s1. The van der Waals surface area contributed by atoms with Crippen molar-refractivity contribution in [1.82, 2.24) is 25.3 Å². The van der Waals surface area contributed by atoms with Crippen LogP contribution in [-0.4, -0.2) is 45.0 Å². The van der Waals surface area contributed by atoms with Crippen LogP contribution in [0.5, 0.6) is 0 Å². The topological polar surface area (TPSA) is 86.8 Å². The first-order valence-corrected chi connectivity index (χ1v) is 8.48. The summed E-state index contributed by atoms with van der Waals surface area (Å²) in [6, 6.07) is 7.44. The molecule has 1 atom stereocenters. The molecule has 0 saturated carbocycles. The fourth-order valence-electron chi connectivity index (χ4n) is 3.28. The lowest BCUT2D eigenvalue weighted by Gasteiger charge is -2.33. The number of nitrogens with one attached hydrogen (secondary N) is 2. The maximum atomic E-state index is 12.6. The summed E-state index contributed by atoms with van der Waals surface area (Å²) in [6.07, 6.45) is 5.45. The van der Waals surface area contributed by atoms with Gasteiger partial charge in [-0.25, -0.2) is 15.0 Å². The van der Waals surface area contributed by atoms with Crippen LogP contribution in [0.3, 0.4) is 0 Å². The van der Waals surface area contributed by atoms with E-state index in [1.807, 2.05) is 25.1 Å². The quantitative estimate of drug-likeness (QED) is 0.764. The number of anilines is 1. The van der Waals surface area contributed by atoms with Crippen molar-refractivity contribution < 1.29 is 4.79 Å². The van der Waals surface area contributed by atoms with E-state index in [0.717, 1.165) is 48.7 Å². The van der Waals surface area contributed by atoms with E-state index in [-0.39, 0.29) is 11.9 Å². The second kappa shape index (κ2) is 6.51. The van der Waals surface area contributed by atoms with Crippen molar-refractivity contribution in [2.24, 2.45) is 0 Å². The van der Waals surface area contributed by atoms with E-state index >= 15 is 0 Å². The summed E-state index contributed by atoms with van der Waals surface area (Å²) < 4.78 is 0. The van der Waals surface area contributed by atoms with Gasteiger partial charge in [0.05, 0.1) is 11.0 Å². The highest BCUT2D eigenvalue weighted by Crippen LogP contribution is 2.17. The summed E-state index contributed by atoms with van der Waals surface area (Å²) in [5.41, 5.74) is 2.40. The summed E-state index contributed by atoms with van der Waals surface area (Å²) in [4.78, 5) is 30.9. The first-order valence-electron chi connectivity index (χ1n) is 8.48. The van der Waals surface area contributed by atoms with Crippen LogP contribution in [0.15, 0.2) is 36.7 Å². The molecule has 1 aliphatic rings. The number of rotatable bonds is 3. The molecule has 2 N–H and O–H groups in total. The van der Waals surface area contributed by atoms with Gasteiger partial charge in [-0.1, -0.05) is 0 Å². The Bertz CT molecular complexity index is 891. The van der Waals surface area contributed by atoms with Gasteiger partial charge in [-0.3, -0.25) is 4.79 Å². The fraction of sp³-hybridized carbons (Fsp3) is 0.333. The molecule has 0 bridgehead atoms.